The fourth-order valence-corrected chi connectivity index (χ4v) is 5.49. The van der Waals surface area contributed by atoms with Crippen LogP contribution in [0.15, 0.2) is 72.8 Å². The van der Waals surface area contributed by atoms with E-state index in [-0.39, 0.29) is 6.10 Å². The quantitative estimate of drug-likeness (QED) is 0.115. The third kappa shape index (κ3) is 12.4. The first-order valence-electron chi connectivity index (χ1n) is 16.8. The summed E-state index contributed by atoms with van der Waals surface area (Å²) in [6, 6.07) is 26.2. The largest absolute Gasteiger partial charge is 0.494 e. The zero-order valence-corrected chi connectivity index (χ0v) is 26.3. The molecular formula is C39H56O2. The molecule has 3 aromatic rings. The minimum atomic E-state index is 0.123. The lowest BCUT2D eigenvalue weighted by molar-refractivity contribution is 0.0627. The Morgan fingerprint density at radius 2 is 0.927 bits per heavy atom. The molecule has 3 aromatic carbocycles. The van der Waals surface area contributed by atoms with E-state index in [2.05, 4.69) is 93.6 Å². The summed E-state index contributed by atoms with van der Waals surface area (Å²) in [5.41, 5.74) is 6.20. The molecule has 2 nitrogen and oxygen atoms in total. The summed E-state index contributed by atoms with van der Waals surface area (Å²) in [7, 11) is 0. The van der Waals surface area contributed by atoms with E-state index in [0.29, 0.717) is 0 Å². The van der Waals surface area contributed by atoms with Crippen LogP contribution in [0.5, 0.6) is 5.75 Å². The summed E-state index contributed by atoms with van der Waals surface area (Å²) in [6.45, 7) is 8.36. The van der Waals surface area contributed by atoms with E-state index in [0.717, 1.165) is 31.8 Å². The van der Waals surface area contributed by atoms with Gasteiger partial charge in [-0.2, -0.15) is 0 Å². The van der Waals surface area contributed by atoms with Gasteiger partial charge in [-0.25, -0.2) is 0 Å². The third-order valence-electron chi connectivity index (χ3n) is 8.17. The van der Waals surface area contributed by atoms with E-state index in [9.17, 15) is 0 Å². The van der Waals surface area contributed by atoms with Crippen molar-refractivity contribution in [2.24, 2.45) is 0 Å². The molecule has 0 bridgehead atoms. The summed E-state index contributed by atoms with van der Waals surface area (Å²) in [5.74, 6) is 0.962. The van der Waals surface area contributed by atoms with E-state index in [1.54, 1.807) is 0 Å². The number of ether oxygens (including phenoxy) is 2. The van der Waals surface area contributed by atoms with Crippen LogP contribution in [0.4, 0.5) is 0 Å². The molecule has 224 valence electrons. The zero-order chi connectivity index (χ0) is 29.0. The first-order valence-corrected chi connectivity index (χ1v) is 16.8. The molecule has 0 radical (unpaired) electrons. The van der Waals surface area contributed by atoms with Crippen LogP contribution in [0.1, 0.15) is 129 Å². The standard InChI is InChI=1S/C39H56O2/c1-4-6-8-10-12-14-16-20-32-41-37-29-27-36(28-30-37)39-22-18-17-21-38(39)35-25-23-34(24-26-35)33(3)40-31-19-15-13-11-9-7-5-2/h17-18,21-30,33H,4-16,19-20,31-32H2,1-3H3. The second-order valence-electron chi connectivity index (χ2n) is 11.6. The van der Waals surface area contributed by atoms with Crippen molar-refractivity contribution in [3.8, 4) is 28.0 Å². The molecule has 1 atom stereocenters. The first kappa shape index (κ1) is 32.9. The Hall–Kier alpha value is -2.58. The number of unbranched alkanes of at least 4 members (excludes halogenated alkanes) is 13. The van der Waals surface area contributed by atoms with E-state index >= 15 is 0 Å². The predicted molar refractivity (Wildman–Crippen MR) is 178 cm³/mol. The molecular weight excluding hydrogens is 500 g/mol. The van der Waals surface area contributed by atoms with Gasteiger partial charge in [0.25, 0.3) is 0 Å². The molecule has 0 aliphatic heterocycles. The van der Waals surface area contributed by atoms with Gasteiger partial charge < -0.3 is 9.47 Å². The van der Waals surface area contributed by atoms with Crippen LogP contribution >= 0.6 is 0 Å². The maximum absolute atomic E-state index is 6.16. The van der Waals surface area contributed by atoms with Crippen LogP contribution < -0.4 is 4.74 Å². The lowest BCUT2D eigenvalue weighted by Crippen LogP contribution is -2.02. The summed E-state index contributed by atoms with van der Waals surface area (Å²) in [4.78, 5) is 0. The normalized spacial score (nSPS) is 12.0. The Bertz CT molecular complexity index is 1050. The van der Waals surface area contributed by atoms with Gasteiger partial charge in [-0.1, -0.05) is 158 Å². The molecule has 0 N–H and O–H groups in total. The van der Waals surface area contributed by atoms with Crippen LogP contribution in [0, 0.1) is 0 Å². The maximum atomic E-state index is 6.16. The van der Waals surface area contributed by atoms with E-state index in [4.69, 9.17) is 9.47 Å². The molecule has 41 heavy (non-hydrogen) atoms. The highest BCUT2D eigenvalue weighted by molar-refractivity contribution is 5.83. The minimum absolute atomic E-state index is 0.123. The van der Waals surface area contributed by atoms with Gasteiger partial charge in [-0.15, -0.1) is 0 Å². The number of rotatable bonds is 22. The van der Waals surface area contributed by atoms with Crippen LogP contribution in [0.2, 0.25) is 0 Å². The summed E-state index contributed by atoms with van der Waals surface area (Å²) in [6.07, 6.45) is 19.9. The zero-order valence-electron chi connectivity index (χ0n) is 26.3. The Kier molecular flexibility index (Phi) is 16.3. The highest BCUT2D eigenvalue weighted by Gasteiger charge is 2.10. The summed E-state index contributed by atoms with van der Waals surface area (Å²) >= 11 is 0. The average Bonchev–Trinajstić information content (AvgIpc) is 3.02. The Morgan fingerprint density at radius 1 is 0.488 bits per heavy atom. The Morgan fingerprint density at radius 3 is 1.44 bits per heavy atom. The van der Waals surface area contributed by atoms with Crippen molar-refractivity contribution in [1.29, 1.82) is 0 Å². The van der Waals surface area contributed by atoms with Crippen LogP contribution in [0.25, 0.3) is 22.3 Å². The lowest BCUT2D eigenvalue weighted by Gasteiger charge is -2.15. The highest BCUT2D eigenvalue weighted by Crippen LogP contribution is 2.33. The van der Waals surface area contributed by atoms with Gasteiger partial charge in [0.2, 0.25) is 0 Å². The van der Waals surface area contributed by atoms with Crippen LogP contribution in [0.3, 0.4) is 0 Å². The number of hydrogen-bond acceptors (Lipinski definition) is 2. The van der Waals surface area contributed by atoms with Gasteiger partial charge in [0.05, 0.1) is 12.7 Å². The fourth-order valence-electron chi connectivity index (χ4n) is 5.49. The van der Waals surface area contributed by atoms with Crippen molar-refractivity contribution in [2.45, 2.75) is 123 Å². The maximum Gasteiger partial charge on any atom is 0.119 e. The first-order chi connectivity index (χ1) is 20.2. The highest BCUT2D eigenvalue weighted by atomic mass is 16.5. The van der Waals surface area contributed by atoms with Gasteiger partial charge in [-0.3, -0.25) is 0 Å². The molecule has 0 spiro atoms. The Labute approximate surface area is 251 Å². The van der Waals surface area contributed by atoms with Crippen molar-refractivity contribution in [2.75, 3.05) is 13.2 Å². The Balaban J connectivity index is 1.46. The predicted octanol–water partition coefficient (Wildman–Crippen LogP) is 12.4. The van der Waals surface area contributed by atoms with E-state index in [1.165, 1.54) is 111 Å². The smallest absolute Gasteiger partial charge is 0.119 e. The second-order valence-corrected chi connectivity index (χ2v) is 11.6. The molecule has 1 unspecified atom stereocenters. The van der Waals surface area contributed by atoms with E-state index in [1.807, 2.05) is 0 Å². The van der Waals surface area contributed by atoms with Crippen LogP contribution in [-0.4, -0.2) is 13.2 Å². The second kappa shape index (κ2) is 20.3. The molecule has 0 saturated carbocycles. The van der Waals surface area contributed by atoms with Crippen molar-refractivity contribution >= 4 is 0 Å². The summed E-state index contributed by atoms with van der Waals surface area (Å²) < 4.78 is 12.2. The topological polar surface area (TPSA) is 18.5 Å². The molecule has 0 saturated heterocycles. The average molecular weight is 557 g/mol. The van der Waals surface area contributed by atoms with Crippen molar-refractivity contribution in [1.82, 2.24) is 0 Å². The fraction of sp³-hybridized carbons (Fsp3) is 0.538. The number of hydrogen-bond donors (Lipinski definition) is 0. The molecule has 3 rings (SSSR count). The molecule has 0 aliphatic rings. The van der Waals surface area contributed by atoms with E-state index < -0.39 is 0 Å². The molecule has 0 heterocycles. The summed E-state index contributed by atoms with van der Waals surface area (Å²) in [5, 5.41) is 0. The molecule has 0 aliphatic carbocycles. The van der Waals surface area contributed by atoms with Gasteiger partial charge >= 0.3 is 0 Å². The van der Waals surface area contributed by atoms with Gasteiger partial charge in [0.15, 0.2) is 0 Å². The molecule has 0 aromatic heterocycles. The SMILES string of the molecule is CCCCCCCCCCOc1ccc(-c2ccccc2-c2ccc(C(C)OCCCCCCCCC)cc2)cc1. The van der Waals surface area contributed by atoms with Crippen molar-refractivity contribution < 1.29 is 9.47 Å². The van der Waals surface area contributed by atoms with Gasteiger partial charge in [0.1, 0.15) is 5.75 Å². The lowest BCUT2D eigenvalue weighted by atomic mass is 9.94. The van der Waals surface area contributed by atoms with Gasteiger partial charge in [0, 0.05) is 6.61 Å². The minimum Gasteiger partial charge on any atom is -0.494 e. The van der Waals surface area contributed by atoms with Crippen LogP contribution in [-0.2, 0) is 4.74 Å². The van der Waals surface area contributed by atoms with Gasteiger partial charge in [-0.05, 0) is 59.7 Å². The monoisotopic (exact) mass is 556 g/mol. The van der Waals surface area contributed by atoms with Crippen molar-refractivity contribution in [3.63, 3.8) is 0 Å². The molecule has 2 heteroatoms. The molecule has 0 fully saturated rings. The van der Waals surface area contributed by atoms with Crippen molar-refractivity contribution in [3.05, 3.63) is 78.4 Å². The molecule has 0 amide bonds. The third-order valence-corrected chi connectivity index (χ3v) is 8.17. The number of benzene rings is 3.